The van der Waals surface area contributed by atoms with E-state index in [1.54, 1.807) is 24.3 Å². The molecule has 2 rings (SSSR count). The van der Waals surface area contributed by atoms with E-state index in [2.05, 4.69) is 10.6 Å². The first-order chi connectivity index (χ1) is 10.5. The van der Waals surface area contributed by atoms with Crippen molar-refractivity contribution in [1.29, 1.82) is 0 Å². The van der Waals surface area contributed by atoms with Crippen LogP contribution < -0.4 is 15.4 Å². The minimum absolute atomic E-state index is 0.160. The van der Waals surface area contributed by atoms with Gasteiger partial charge < -0.3 is 15.4 Å². The number of rotatable bonds is 4. The van der Waals surface area contributed by atoms with E-state index in [9.17, 15) is 9.59 Å². The van der Waals surface area contributed by atoms with Gasteiger partial charge in [0, 0.05) is 18.7 Å². The molecule has 5 nitrogen and oxygen atoms in total. The predicted octanol–water partition coefficient (Wildman–Crippen LogP) is 3.49. The second-order valence-electron chi connectivity index (χ2n) is 4.88. The largest absolute Gasteiger partial charge is 0.413 e. The van der Waals surface area contributed by atoms with Gasteiger partial charge in [0.1, 0.15) is 5.75 Å². The summed E-state index contributed by atoms with van der Waals surface area (Å²) in [7, 11) is 0. The number of hydrogen-bond donors (Lipinski definition) is 2. The van der Waals surface area contributed by atoms with Gasteiger partial charge in [0.05, 0.1) is 6.04 Å². The molecule has 2 aromatic carbocycles. The quantitative estimate of drug-likeness (QED) is 0.908. The molecule has 0 spiro atoms. The molecule has 0 aliphatic carbocycles. The van der Waals surface area contributed by atoms with E-state index in [0.717, 1.165) is 5.56 Å². The van der Waals surface area contributed by atoms with Crippen molar-refractivity contribution in [1.82, 2.24) is 5.32 Å². The van der Waals surface area contributed by atoms with Crippen molar-refractivity contribution in [3.63, 3.8) is 0 Å². The maximum absolute atomic E-state index is 11.9. The zero-order valence-electron chi connectivity index (χ0n) is 12.5. The van der Waals surface area contributed by atoms with Crippen LogP contribution >= 0.6 is 0 Å². The second kappa shape index (κ2) is 7.26. The number of hydrogen-bond acceptors (Lipinski definition) is 3. The molecule has 0 saturated heterocycles. The summed E-state index contributed by atoms with van der Waals surface area (Å²) >= 11 is 0. The smallest absolute Gasteiger partial charge is 0.410 e. The SMILES string of the molecule is CC(=O)Nc1cccc(OC(=O)NC(C)c2ccccc2)c1. The van der Waals surface area contributed by atoms with E-state index in [-0.39, 0.29) is 11.9 Å². The lowest BCUT2D eigenvalue weighted by Crippen LogP contribution is -2.29. The highest BCUT2D eigenvalue weighted by molar-refractivity contribution is 5.88. The summed E-state index contributed by atoms with van der Waals surface area (Å²) in [5.41, 5.74) is 1.57. The highest BCUT2D eigenvalue weighted by atomic mass is 16.6. The van der Waals surface area contributed by atoms with Crippen molar-refractivity contribution < 1.29 is 14.3 Å². The molecule has 2 amide bonds. The van der Waals surface area contributed by atoms with Gasteiger partial charge in [0.15, 0.2) is 0 Å². The lowest BCUT2D eigenvalue weighted by Gasteiger charge is -2.14. The van der Waals surface area contributed by atoms with Crippen molar-refractivity contribution in [2.24, 2.45) is 0 Å². The van der Waals surface area contributed by atoms with Crippen molar-refractivity contribution in [3.8, 4) is 5.75 Å². The number of amides is 2. The second-order valence-corrected chi connectivity index (χ2v) is 4.88. The van der Waals surface area contributed by atoms with Crippen molar-refractivity contribution >= 4 is 17.7 Å². The van der Waals surface area contributed by atoms with Gasteiger partial charge >= 0.3 is 6.09 Å². The van der Waals surface area contributed by atoms with E-state index < -0.39 is 6.09 Å². The van der Waals surface area contributed by atoms with Crippen LogP contribution in [-0.2, 0) is 4.79 Å². The third-order valence-electron chi connectivity index (χ3n) is 3.00. The van der Waals surface area contributed by atoms with Crippen LogP contribution in [0.1, 0.15) is 25.5 Å². The Morgan fingerprint density at radius 1 is 1.05 bits per heavy atom. The fourth-order valence-corrected chi connectivity index (χ4v) is 1.98. The third kappa shape index (κ3) is 4.63. The molecule has 0 bridgehead atoms. The number of ether oxygens (including phenoxy) is 1. The zero-order valence-corrected chi connectivity index (χ0v) is 12.5. The molecule has 0 aliphatic rings. The van der Waals surface area contributed by atoms with Crippen molar-refractivity contribution in [3.05, 3.63) is 60.2 Å². The minimum atomic E-state index is -0.545. The fourth-order valence-electron chi connectivity index (χ4n) is 1.98. The maximum atomic E-state index is 11.9. The normalized spacial score (nSPS) is 11.4. The molecule has 114 valence electrons. The predicted molar refractivity (Wildman–Crippen MR) is 84.8 cm³/mol. The molecule has 1 atom stereocenters. The number of nitrogens with one attached hydrogen (secondary N) is 2. The molecule has 0 radical (unpaired) electrons. The van der Waals surface area contributed by atoms with Gasteiger partial charge in [-0.1, -0.05) is 36.4 Å². The first-order valence-electron chi connectivity index (χ1n) is 6.95. The molecule has 0 aromatic heterocycles. The van der Waals surface area contributed by atoms with Gasteiger partial charge in [-0.25, -0.2) is 4.79 Å². The molecule has 1 unspecified atom stereocenters. The van der Waals surface area contributed by atoms with E-state index in [4.69, 9.17) is 4.74 Å². The van der Waals surface area contributed by atoms with Crippen LogP contribution in [0.2, 0.25) is 0 Å². The minimum Gasteiger partial charge on any atom is -0.410 e. The third-order valence-corrected chi connectivity index (χ3v) is 3.00. The molecule has 0 heterocycles. The van der Waals surface area contributed by atoms with Crippen LogP contribution in [0.25, 0.3) is 0 Å². The van der Waals surface area contributed by atoms with Crippen LogP contribution in [-0.4, -0.2) is 12.0 Å². The number of anilines is 1. The van der Waals surface area contributed by atoms with Crippen LogP contribution in [0.5, 0.6) is 5.75 Å². The molecular formula is C17H18N2O3. The van der Waals surface area contributed by atoms with Crippen LogP contribution in [0.4, 0.5) is 10.5 Å². The Morgan fingerprint density at radius 2 is 1.77 bits per heavy atom. The monoisotopic (exact) mass is 298 g/mol. The number of benzene rings is 2. The van der Waals surface area contributed by atoms with E-state index in [1.165, 1.54) is 6.92 Å². The summed E-state index contributed by atoms with van der Waals surface area (Å²) in [5.74, 6) is 0.184. The van der Waals surface area contributed by atoms with Gasteiger partial charge in [-0.15, -0.1) is 0 Å². The molecule has 5 heteroatoms. The van der Waals surface area contributed by atoms with Crippen LogP contribution in [0.15, 0.2) is 54.6 Å². The van der Waals surface area contributed by atoms with Crippen LogP contribution in [0.3, 0.4) is 0 Å². The standard InChI is InChI=1S/C17H18N2O3/c1-12(14-7-4-3-5-8-14)18-17(21)22-16-10-6-9-15(11-16)19-13(2)20/h3-12H,1-2H3,(H,18,21)(H,19,20). The summed E-state index contributed by atoms with van der Waals surface area (Å²) in [6, 6.07) is 16.1. The molecule has 2 aromatic rings. The summed E-state index contributed by atoms with van der Waals surface area (Å²) in [5, 5.41) is 5.39. The van der Waals surface area contributed by atoms with Gasteiger partial charge in [-0.3, -0.25) is 4.79 Å². The molecule has 0 aliphatic heterocycles. The summed E-state index contributed by atoms with van der Waals surface area (Å²) < 4.78 is 5.23. The Bertz CT molecular complexity index is 656. The lowest BCUT2D eigenvalue weighted by atomic mass is 10.1. The Morgan fingerprint density at radius 3 is 2.45 bits per heavy atom. The lowest BCUT2D eigenvalue weighted by molar-refractivity contribution is -0.114. The fraction of sp³-hybridized carbons (Fsp3) is 0.176. The highest BCUT2D eigenvalue weighted by Gasteiger charge is 2.11. The van der Waals surface area contributed by atoms with Gasteiger partial charge in [0.25, 0.3) is 0 Å². The molecule has 2 N–H and O–H groups in total. The maximum Gasteiger partial charge on any atom is 0.413 e. The van der Waals surface area contributed by atoms with E-state index in [1.807, 2.05) is 37.3 Å². The van der Waals surface area contributed by atoms with E-state index >= 15 is 0 Å². The Balaban J connectivity index is 1.96. The van der Waals surface area contributed by atoms with E-state index in [0.29, 0.717) is 11.4 Å². The van der Waals surface area contributed by atoms with Gasteiger partial charge in [0.2, 0.25) is 5.91 Å². The topological polar surface area (TPSA) is 67.4 Å². The Kier molecular flexibility index (Phi) is 5.14. The van der Waals surface area contributed by atoms with Gasteiger partial charge in [-0.2, -0.15) is 0 Å². The average Bonchev–Trinajstić information content (AvgIpc) is 2.47. The Labute approximate surface area is 129 Å². The van der Waals surface area contributed by atoms with Crippen molar-refractivity contribution in [2.75, 3.05) is 5.32 Å². The molecule has 22 heavy (non-hydrogen) atoms. The molecule has 0 saturated carbocycles. The first-order valence-corrected chi connectivity index (χ1v) is 6.95. The first kappa shape index (κ1) is 15.6. The average molecular weight is 298 g/mol. The summed E-state index contributed by atoms with van der Waals surface area (Å²) in [6.45, 7) is 3.30. The van der Waals surface area contributed by atoms with Gasteiger partial charge in [-0.05, 0) is 24.6 Å². The van der Waals surface area contributed by atoms with Crippen LogP contribution in [0, 0.1) is 0 Å². The molecule has 0 fully saturated rings. The zero-order chi connectivity index (χ0) is 15.9. The highest BCUT2D eigenvalue weighted by Crippen LogP contribution is 2.18. The molecular weight excluding hydrogens is 280 g/mol. The number of carbonyl (C=O) groups is 2. The number of carbonyl (C=O) groups excluding carboxylic acids is 2. The summed E-state index contributed by atoms with van der Waals surface area (Å²) in [6.07, 6.45) is -0.545. The Hall–Kier alpha value is -2.82. The summed E-state index contributed by atoms with van der Waals surface area (Å²) in [4.78, 5) is 22.9. The van der Waals surface area contributed by atoms with Crippen molar-refractivity contribution in [2.45, 2.75) is 19.9 Å².